The number of benzene rings is 8. The molecule has 0 aliphatic heterocycles. The van der Waals surface area contributed by atoms with Gasteiger partial charge in [-0.25, -0.2) is 0 Å². The summed E-state index contributed by atoms with van der Waals surface area (Å²) in [4.78, 5) is 0. The summed E-state index contributed by atoms with van der Waals surface area (Å²) in [5.41, 5.74) is 2.70. The third-order valence-corrected chi connectivity index (χ3v) is 14.9. The van der Waals surface area contributed by atoms with E-state index >= 15 is 0 Å². The van der Waals surface area contributed by atoms with Crippen molar-refractivity contribution in [3.63, 3.8) is 0 Å². The summed E-state index contributed by atoms with van der Waals surface area (Å²) in [6.45, 7) is 0. The Morgan fingerprint density at radius 3 is 0.850 bits per heavy atom. The Morgan fingerprint density at radius 2 is 0.567 bits per heavy atom. The fourth-order valence-corrected chi connectivity index (χ4v) is 12.4. The average Bonchev–Trinajstić information content (AvgIpc) is 3.25. The van der Waals surface area contributed by atoms with Gasteiger partial charge in [-0.1, -0.05) is 218 Å². The van der Waals surface area contributed by atoms with Gasteiger partial charge in [0.2, 0.25) is 0 Å². The van der Waals surface area contributed by atoms with Crippen LogP contribution >= 0.6 is 15.8 Å². The third-order valence-electron chi connectivity index (χ3n) is 9.94. The summed E-state index contributed by atoms with van der Waals surface area (Å²) in [6, 6.07) is 71.8. The van der Waals surface area contributed by atoms with Crippen molar-refractivity contribution in [3.05, 3.63) is 218 Å². The zero-order valence-corrected chi connectivity index (χ0v) is 36.4. The van der Waals surface area contributed by atoms with Crippen molar-refractivity contribution in [2.45, 2.75) is 25.7 Å². The molecule has 0 amide bonds. The first-order chi connectivity index (χ1) is 28.9. The maximum atomic E-state index is 9.75. The molecule has 302 valence electrons. The minimum absolute atomic E-state index is 0. The monoisotopic (exact) mass is 920 g/mol. The van der Waals surface area contributed by atoms with E-state index in [0.717, 1.165) is 0 Å². The van der Waals surface area contributed by atoms with Crippen molar-refractivity contribution in [3.8, 4) is 11.1 Å². The van der Waals surface area contributed by atoms with Crippen LogP contribution < -0.4 is 31.8 Å². The van der Waals surface area contributed by atoms with Crippen LogP contribution in [0.25, 0.3) is 32.7 Å². The van der Waals surface area contributed by atoms with Crippen molar-refractivity contribution in [1.29, 1.82) is 0 Å². The number of hydrogen-bond acceptors (Lipinski definition) is 0. The Labute approximate surface area is 366 Å². The molecule has 8 aromatic rings. The molecule has 0 N–H and O–H groups in total. The molecule has 8 aromatic carbocycles. The zero-order valence-electron chi connectivity index (χ0n) is 32.9. The van der Waals surface area contributed by atoms with E-state index < -0.39 is 23.1 Å². The van der Waals surface area contributed by atoms with Crippen LogP contribution in [0.2, 0.25) is 0 Å². The second-order valence-corrected chi connectivity index (χ2v) is 18.3. The van der Waals surface area contributed by atoms with Gasteiger partial charge in [-0.15, -0.1) is 0 Å². The summed E-state index contributed by atoms with van der Waals surface area (Å²) in [6.07, 6.45) is 14.0. The van der Waals surface area contributed by atoms with E-state index in [9.17, 15) is 17.3 Å². The van der Waals surface area contributed by atoms with Crippen LogP contribution in [0, 0.1) is 0 Å². The minimum Gasteiger partial charge on any atom is -0.418 e. The molecule has 0 saturated heterocycles. The first kappa shape index (κ1) is 44.6. The fourth-order valence-electron chi connectivity index (χ4n) is 7.44. The van der Waals surface area contributed by atoms with E-state index in [1.54, 1.807) is 0 Å². The first-order valence-electron chi connectivity index (χ1n) is 19.9. The Balaban J connectivity index is 0.000000373. The molecule has 8 heteroatoms. The second kappa shape index (κ2) is 22.0. The molecule has 60 heavy (non-hydrogen) atoms. The molecule has 0 bridgehead atoms. The Morgan fingerprint density at radius 1 is 0.317 bits per heavy atom. The summed E-state index contributed by atoms with van der Waals surface area (Å²) in [5, 5.41) is 13.3. The Hall–Kier alpha value is -4.97. The smallest absolute Gasteiger partial charge is 0.418 e. The van der Waals surface area contributed by atoms with E-state index in [1.165, 1.54) is 90.2 Å². The van der Waals surface area contributed by atoms with Gasteiger partial charge in [0.15, 0.2) is 0 Å². The topological polar surface area (TPSA) is 0 Å². The van der Waals surface area contributed by atoms with Gasteiger partial charge in [0.25, 0.3) is 0 Å². The molecule has 0 unspecified atom stereocenters. The van der Waals surface area contributed by atoms with Crippen LogP contribution in [0.5, 0.6) is 0 Å². The standard InChI is InChI=1S/C44H32P2.C8H12.BF4.Rh/c1-5-19-35(20-6-1)45(36-21-7-2-8-22-36)41-31-29-33-17-13-15-27-39(33)43(41)44-40-28-16-14-18-34(40)30-32-42(44)46(37-23-9-3-10-24-37)38-25-11-4-12-26-38;1-2-4-6-8-7-5-3-1;2-1(3,4)5;/h1-32H;1-2,7-8H,3-6H2;;/q;;-1;+1/b;2-1-,8-7-;;. The predicted molar refractivity (Wildman–Crippen MR) is 251 cm³/mol. The minimum atomic E-state index is -6.00. The van der Waals surface area contributed by atoms with Gasteiger partial charge in [-0.05, 0) is 106 Å². The summed E-state index contributed by atoms with van der Waals surface area (Å²) in [5.74, 6) is 0. The van der Waals surface area contributed by atoms with Crippen molar-refractivity contribution in [2.75, 3.05) is 0 Å². The van der Waals surface area contributed by atoms with Gasteiger partial charge in [0.1, 0.15) is 0 Å². The summed E-state index contributed by atoms with van der Waals surface area (Å²) < 4.78 is 39.0. The number of hydrogen-bond donors (Lipinski definition) is 0. The molecule has 0 spiro atoms. The largest absolute Gasteiger partial charge is 1.00 e. The number of allylic oxidation sites excluding steroid dienone is 4. The zero-order chi connectivity index (χ0) is 40.9. The number of halogens is 4. The van der Waals surface area contributed by atoms with Crippen LogP contribution in [0.15, 0.2) is 218 Å². The molecule has 0 fully saturated rings. The van der Waals surface area contributed by atoms with E-state index in [2.05, 4.69) is 218 Å². The summed E-state index contributed by atoms with van der Waals surface area (Å²) in [7, 11) is -7.70. The Bertz CT molecular complexity index is 2340. The van der Waals surface area contributed by atoms with Crippen molar-refractivity contribution in [2.24, 2.45) is 0 Å². The van der Waals surface area contributed by atoms with Gasteiger partial charge in [-0.3, -0.25) is 0 Å². The van der Waals surface area contributed by atoms with Crippen LogP contribution in [-0.4, -0.2) is 7.25 Å². The van der Waals surface area contributed by atoms with Crippen molar-refractivity contribution >= 4 is 76.5 Å². The molecule has 0 saturated carbocycles. The SMILES string of the molecule is C1=C\CC/C=C\CC/1.F[B-](F)(F)F.[Rh+].c1ccc(P(c2ccccc2)c2ccc3ccccc3c2-c2c(P(c3ccccc3)c3ccccc3)ccc3ccccc23)cc1. The Kier molecular flexibility index (Phi) is 16.4. The maximum absolute atomic E-state index is 9.75. The normalized spacial score (nSPS) is 13.5. The van der Waals surface area contributed by atoms with E-state index in [0.29, 0.717) is 0 Å². The molecule has 0 nitrogen and oxygen atoms in total. The van der Waals surface area contributed by atoms with Crippen molar-refractivity contribution in [1.82, 2.24) is 0 Å². The van der Waals surface area contributed by atoms with E-state index in [-0.39, 0.29) is 19.5 Å². The van der Waals surface area contributed by atoms with Gasteiger partial charge < -0.3 is 17.3 Å². The summed E-state index contributed by atoms with van der Waals surface area (Å²) >= 11 is 0. The van der Waals surface area contributed by atoms with Crippen molar-refractivity contribution < 1.29 is 36.7 Å². The molecule has 1 aliphatic rings. The van der Waals surface area contributed by atoms with Gasteiger partial charge >= 0.3 is 26.7 Å². The fraction of sp³-hybridized carbons (Fsp3) is 0.0769. The second-order valence-electron chi connectivity index (χ2n) is 14.0. The molecule has 0 radical (unpaired) electrons. The van der Waals surface area contributed by atoms with Crippen LogP contribution in [0.1, 0.15) is 25.7 Å². The molecular weight excluding hydrogens is 876 g/mol. The van der Waals surface area contributed by atoms with Crippen LogP contribution in [-0.2, 0) is 19.5 Å². The average molecular weight is 921 g/mol. The van der Waals surface area contributed by atoms with E-state index in [4.69, 9.17) is 0 Å². The van der Waals surface area contributed by atoms with E-state index in [1.807, 2.05) is 0 Å². The van der Waals surface area contributed by atoms with Crippen LogP contribution in [0.3, 0.4) is 0 Å². The van der Waals surface area contributed by atoms with Gasteiger partial charge in [0.05, 0.1) is 0 Å². The molecule has 0 atom stereocenters. The molecule has 9 rings (SSSR count). The molecule has 0 heterocycles. The number of fused-ring (bicyclic) bond motifs is 2. The quantitative estimate of drug-likeness (QED) is 0.0647. The van der Waals surface area contributed by atoms with Crippen LogP contribution in [0.4, 0.5) is 17.3 Å². The van der Waals surface area contributed by atoms with Gasteiger partial charge in [0, 0.05) is 0 Å². The maximum Gasteiger partial charge on any atom is 1.00 e. The van der Waals surface area contributed by atoms with Gasteiger partial charge in [-0.2, -0.15) is 0 Å². The molecular formula is C52H44BF4P2Rh. The third kappa shape index (κ3) is 11.6. The first-order valence-corrected chi connectivity index (χ1v) is 22.6. The number of rotatable bonds is 7. The molecule has 1 aliphatic carbocycles. The molecule has 0 aromatic heterocycles. The predicted octanol–water partition coefficient (Wildman–Crippen LogP) is 13.1.